The second kappa shape index (κ2) is 10.5. The molecule has 0 heterocycles. The monoisotopic (exact) mass is 458 g/mol. The van der Waals surface area contributed by atoms with Gasteiger partial charge in [0.2, 0.25) is 5.91 Å². The van der Waals surface area contributed by atoms with Crippen LogP contribution in [0.5, 0.6) is 0 Å². The van der Waals surface area contributed by atoms with Gasteiger partial charge in [0.05, 0.1) is 33.6 Å². The fourth-order valence-electron chi connectivity index (χ4n) is 3.56. The van der Waals surface area contributed by atoms with Crippen LogP contribution in [0.1, 0.15) is 56.1 Å². The number of nitrogens with zero attached hydrogens (tertiary/aromatic N) is 1. The molecular weight excluding hydrogens is 423 g/mol. The number of quaternary nitrogens is 1. The SMILES string of the molecule is C[C@@H](C(=O)NCCC[N+](C)(C)C)c1ccc(CC2CCCC2)cc1.[I-]. The first kappa shape index (κ1) is 22.4. The summed E-state index contributed by atoms with van der Waals surface area (Å²) in [6.45, 7) is 3.84. The van der Waals surface area contributed by atoms with Crippen LogP contribution in [0.3, 0.4) is 0 Å². The predicted molar refractivity (Wildman–Crippen MR) is 101 cm³/mol. The molecule has 0 spiro atoms. The van der Waals surface area contributed by atoms with E-state index in [4.69, 9.17) is 0 Å². The molecule has 1 fully saturated rings. The van der Waals surface area contributed by atoms with Crippen molar-refractivity contribution < 1.29 is 33.3 Å². The van der Waals surface area contributed by atoms with Crippen LogP contribution in [0.2, 0.25) is 0 Å². The summed E-state index contributed by atoms with van der Waals surface area (Å²) >= 11 is 0. The van der Waals surface area contributed by atoms with Crippen molar-refractivity contribution >= 4 is 5.91 Å². The predicted octanol–water partition coefficient (Wildman–Crippen LogP) is 0.739. The number of hydrogen-bond donors (Lipinski definition) is 1. The highest BCUT2D eigenvalue weighted by Crippen LogP contribution is 2.28. The number of carbonyl (C=O) groups excluding carboxylic acids is 1. The lowest BCUT2D eigenvalue weighted by Gasteiger charge is -2.24. The van der Waals surface area contributed by atoms with Gasteiger partial charge in [0.15, 0.2) is 0 Å². The maximum atomic E-state index is 12.3. The highest BCUT2D eigenvalue weighted by Gasteiger charge is 2.17. The molecule has 0 bridgehead atoms. The van der Waals surface area contributed by atoms with Crippen molar-refractivity contribution in [3.63, 3.8) is 0 Å². The summed E-state index contributed by atoms with van der Waals surface area (Å²) in [4.78, 5) is 12.3. The minimum atomic E-state index is -0.0744. The zero-order valence-electron chi connectivity index (χ0n) is 16.4. The molecule has 1 amide bonds. The fraction of sp³-hybridized carbons (Fsp3) is 0.667. The summed E-state index contributed by atoms with van der Waals surface area (Å²) in [7, 11) is 6.53. The molecule has 2 rings (SSSR count). The number of carbonyl (C=O) groups is 1. The zero-order chi connectivity index (χ0) is 17.6. The smallest absolute Gasteiger partial charge is 0.227 e. The van der Waals surface area contributed by atoms with Crippen LogP contribution >= 0.6 is 0 Å². The molecular formula is C21H35IN2O. The number of nitrogens with one attached hydrogen (secondary N) is 1. The van der Waals surface area contributed by atoms with Crippen LogP contribution in [0.4, 0.5) is 0 Å². The van der Waals surface area contributed by atoms with Crippen LogP contribution in [-0.4, -0.2) is 44.6 Å². The van der Waals surface area contributed by atoms with E-state index in [1.165, 1.54) is 37.7 Å². The average Bonchev–Trinajstić information content (AvgIpc) is 3.03. The minimum Gasteiger partial charge on any atom is -1.00 e. The quantitative estimate of drug-likeness (QED) is 0.348. The van der Waals surface area contributed by atoms with Gasteiger partial charge in [-0.3, -0.25) is 4.79 Å². The Bertz CT molecular complexity index is 516. The van der Waals surface area contributed by atoms with E-state index in [1.54, 1.807) is 0 Å². The fourth-order valence-corrected chi connectivity index (χ4v) is 3.56. The number of rotatable bonds is 8. The maximum Gasteiger partial charge on any atom is 0.227 e. The van der Waals surface area contributed by atoms with Gasteiger partial charge in [-0.25, -0.2) is 0 Å². The number of benzene rings is 1. The molecule has 1 aromatic rings. The molecule has 0 aromatic heterocycles. The van der Waals surface area contributed by atoms with Gasteiger partial charge < -0.3 is 33.8 Å². The second-order valence-corrected chi connectivity index (χ2v) is 8.48. The Morgan fingerprint density at radius 2 is 1.76 bits per heavy atom. The third-order valence-corrected chi connectivity index (χ3v) is 5.18. The van der Waals surface area contributed by atoms with Crippen molar-refractivity contribution in [3.8, 4) is 0 Å². The Morgan fingerprint density at radius 1 is 1.16 bits per heavy atom. The van der Waals surface area contributed by atoms with Gasteiger partial charge in [-0.2, -0.15) is 0 Å². The Morgan fingerprint density at radius 3 is 2.32 bits per heavy atom. The van der Waals surface area contributed by atoms with Crippen molar-refractivity contribution in [1.82, 2.24) is 5.32 Å². The molecule has 1 aliphatic rings. The van der Waals surface area contributed by atoms with Crippen LogP contribution < -0.4 is 29.3 Å². The van der Waals surface area contributed by atoms with Crippen molar-refractivity contribution in [2.24, 2.45) is 5.92 Å². The van der Waals surface area contributed by atoms with Gasteiger partial charge in [0, 0.05) is 13.0 Å². The topological polar surface area (TPSA) is 29.1 Å². The van der Waals surface area contributed by atoms with Gasteiger partial charge in [-0.1, -0.05) is 49.9 Å². The van der Waals surface area contributed by atoms with Gasteiger partial charge in [-0.15, -0.1) is 0 Å². The van der Waals surface area contributed by atoms with Crippen LogP contribution in [-0.2, 0) is 11.2 Å². The molecule has 0 unspecified atom stereocenters. The molecule has 3 nitrogen and oxygen atoms in total. The number of halogens is 1. The van der Waals surface area contributed by atoms with Crippen molar-refractivity contribution in [2.45, 2.75) is 51.4 Å². The Labute approximate surface area is 171 Å². The summed E-state index contributed by atoms with van der Waals surface area (Å²) < 4.78 is 0.938. The van der Waals surface area contributed by atoms with Crippen molar-refractivity contribution in [1.29, 1.82) is 0 Å². The van der Waals surface area contributed by atoms with E-state index in [2.05, 4.69) is 50.7 Å². The molecule has 1 atom stereocenters. The molecule has 0 saturated heterocycles. The first-order chi connectivity index (χ1) is 11.3. The Balaban J connectivity index is 0.00000312. The number of hydrogen-bond acceptors (Lipinski definition) is 1. The van der Waals surface area contributed by atoms with Gasteiger partial charge >= 0.3 is 0 Å². The normalized spacial score (nSPS) is 16.3. The lowest BCUT2D eigenvalue weighted by atomic mass is 9.94. The summed E-state index contributed by atoms with van der Waals surface area (Å²) in [5, 5.41) is 3.08. The molecule has 1 saturated carbocycles. The molecule has 1 aliphatic carbocycles. The maximum absolute atomic E-state index is 12.3. The number of amides is 1. The largest absolute Gasteiger partial charge is 1.00 e. The lowest BCUT2D eigenvalue weighted by molar-refractivity contribution is -0.870. The molecule has 142 valence electrons. The minimum absolute atomic E-state index is 0. The van der Waals surface area contributed by atoms with Crippen LogP contribution in [0.15, 0.2) is 24.3 Å². The third kappa shape index (κ3) is 8.07. The summed E-state index contributed by atoms with van der Waals surface area (Å²) in [6.07, 6.45) is 7.78. The third-order valence-electron chi connectivity index (χ3n) is 5.18. The molecule has 0 radical (unpaired) electrons. The average molecular weight is 458 g/mol. The van der Waals surface area contributed by atoms with Gasteiger partial charge in [0.25, 0.3) is 0 Å². The van der Waals surface area contributed by atoms with Gasteiger partial charge in [-0.05, 0) is 30.4 Å². The summed E-state index contributed by atoms with van der Waals surface area (Å²) in [5.74, 6) is 0.937. The van der Waals surface area contributed by atoms with Crippen LogP contribution in [0.25, 0.3) is 0 Å². The Kier molecular flexibility index (Phi) is 9.43. The zero-order valence-corrected chi connectivity index (χ0v) is 18.5. The Hall–Kier alpha value is -0.620. The first-order valence-electron chi connectivity index (χ1n) is 9.52. The highest BCUT2D eigenvalue weighted by molar-refractivity contribution is 5.83. The molecule has 1 aromatic carbocycles. The lowest BCUT2D eigenvalue weighted by Crippen LogP contribution is -3.00. The van der Waals surface area contributed by atoms with E-state index >= 15 is 0 Å². The van der Waals surface area contributed by atoms with Crippen molar-refractivity contribution in [3.05, 3.63) is 35.4 Å². The van der Waals surface area contributed by atoms with E-state index in [0.717, 1.165) is 35.5 Å². The molecule has 25 heavy (non-hydrogen) atoms. The van der Waals surface area contributed by atoms with Gasteiger partial charge in [0.1, 0.15) is 0 Å². The van der Waals surface area contributed by atoms with Crippen LogP contribution in [0, 0.1) is 5.92 Å². The van der Waals surface area contributed by atoms with E-state index in [1.807, 2.05) is 6.92 Å². The summed E-state index contributed by atoms with van der Waals surface area (Å²) in [6, 6.07) is 8.71. The highest BCUT2D eigenvalue weighted by atomic mass is 127. The molecule has 0 aliphatic heterocycles. The molecule has 4 heteroatoms. The van der Waals surface area contributed by atoms with E-state index in [-0.39, 0.29) is 35.8 Å². The second-order valence-electron chi connectivity index (χ2n) is 8.48. The summed E-state index contributed by atoms with van der Waals surface area (Å²) in [5.41, 5.74) is 2.54. The van der Waals surface area contributed by atoms with E-state index in [0.29, 0.717) is 0 Å². The molecule has 1 N–H and O–H groups in total. The van der Waals surface area contributed by atoms with E-state index in [9.17, 15) is 4.79 Å². The van der Waals surface area contributed by atoms with E-state index < -0.39 is 0 Å². The van der Waals surface area contributed by atoms with Crippen molar-refractivity contribution in [2.75, 3.05) is 34.2 Å². The first-order valence-corrected chi connectivity index (χ1v) is 9.52. The standard InChI is InChI=1S/C21H34N2O.HI/c1-17(21(24)22-14-7-15-23(2,3)4)20-12-10-19(11-13-20)16-18-8-5-6-9-18;/h10-13,17-18H,5-9,14-16H2,1-4H3;1H/t17-;/m1./s1.